The molecule has 0 radical (unpaired) electrons. The van der Waals surface area contributed by atoms with Gasteiger partial charge in [-0.2, -0.15) is 0 Å². The Kier molecular flexibility index (Phi) is 7.42. The van der Waals surface area contributed by atoms with E-state index in [1.165, 1.54) is 24.3 Å². The molecule has 3 rings (SSSR count). The van der Waals surface area contributed by atoms with Gasteiger partial charge in [0.15, 0.2) is 0 Å². The zero-order chi connectivity index (χ0) is 22.4. The van der Waals surface area contributed by atoms with Crippen molar-refractivity contribution in [3.05, 3.63) is 54.1 Å². The molecule has 1 saturated heterocycles. The summed E-state index contributed by atoms with van der Waals surface area (Å²) < 4.78 is 32.8. The third-order valence-corrected chi connectivity index (χ3v) is 6.33. The molecule has 1 atom stereocenters. The van der Waals surface area contributed by atoms with Crippen molar-refractivity contribution in [3.8, 4) is 0 Å². The molecule has 2 amide bonds. The van der Waals surface area contributed by atoms with Crippen LogP contribution in [-0.4, -0.2) is 39.5 Å². The zero-order valence-electron chi connectivity index (χ0n) is 17.6. The molecule has 31 heavy (non-hydrogen) atoms. The molecule has 1 heterocycles. The normalized spacial score (nSPS) is 16.3. The van der Waals surface area contributed by atoms with E-state index < -0.39 is 10.0 Å². The average Bonchev–Trinajstić information content (AvgIpc) is 3.27. The van der Waals surface area contributed by atoms with Crippen molar-refractivity contribution in [1.29, 1.82) is 0 Å². The van der Waals surface area contributed by atoms with Gasteiger partial charge in [0.05, 0.1) is 11.0 Å². The van der Waals surface area contributed by atoms with Gasteiger partial charge in [-0.05, 0) is 61.4 Å². The van der Waals surface area contributed by atoms with E-state index in [2.05, 4.69) is 15.4 Å². The summed E-state index contributed by atoms with van der Waals surface area (Å²) in [6.07, 6.45) is 1.70. The number of anilines is 2. The Hall–Kier alpha value is -2.75. The summed E-state index contributed by atoms with van der Waals surface area (Å²) in [6.45, 7) is 4.51. The zero-order valence-corrected chi connectivity index (χ0v) is 18.4. The van der Waals surface area contributed by atoms with Crippen molar-refractivity contribution in [2.24, 2.45) is 5.92 Å². The van der Waals surface area contributed by atoms with Crippen LogP contribution < -0.4 is 15.4 Å². The molecule has 0 bridgehead atoms. The second kappa shape index (κ2) is 10.0. The Morgan fingerprint density at radius 1 is 1.00 bits per heavy atom. The van der Waals surface area contributed by atoms with Gasteiger partial charge in [-0.25, -0.2) is 13.1 Å². The molecule has 8 nitrogen and oxygen atoms in total. The first-order valence-electron chi connectivity index (χ1n) is 10.2. The lowest BCUT2D eigenvalue weighted by Crippen LogP contribution is -2.31. The van der Waals surface area contributed by atoms with E-state index in [1.807, 2.05) is 0 Å². The minimum Gasteiger partial charge on any atom is -0.377 e. The minimum atomic E-state index is -3.64. The highest BCUT2D eigenvalue weighted by Gasteiger charge is 2.20. The van der Waals surface area contributed by atoms with Crippen LogP contribution in [0.2, 0.25) is 0 Å². The summed E-state index contributed by atoms with van der Waals surface area (Å²) in [5.41, 5.74) is 1.50. The first kappa shape index (κ1) is 22.9. The number of hydrogen-bond donors (Lipinski definition) is 3. The molecule has 1 aliphatic heterocycles. The number of sulfonamides is 1. The third kappa shape index (κ3) is 6.36. The van der Waals surface area contributed by atoms with E-state index in [-0.39, 0.29) is 35.3 Å². The molecule has 0 aliphatic carbocycles. The lowest BCUT2D eigenvalue weighted by atomic mass is 10.1. The highest BCUT2D eigenvalue weighted by Crippen LogP contribution is 2.17. The Balaban J connectivity index is 1.57. The first-order valence-corrected chi connectivity index (χ1v) is 11.7. The average molecular weight is 446 g/mol. The van der Waals surface area contributed by atoms with Crippen LogP contribution in [0, 0.1) is 5.92 Å². The number of carbonyl (C=O) groups excluding carboxylic acids is 2. The molecule has 2 aromatic carbocycles. The SMILES string of the molecule is CC(C)C(=O)Nc1ccc(C(=O)Nc2ccc(S(=O)(=O)NC[C@@H]3CCCO3)cc2)cc1. The van der Waals surface area contributed by atoms with E-state index >= 15 is 0 Å². The minimum absolute atomic E-state index is 0.0848. The molecule has 9 heteroatoms. The standard InChI is InChI=1S/C22H27N3O5S/c1-15(2)21(26)24-17-7-5-16(6-8-17)22(27)25-18-9-11-20(12-10-18)31(28,29)23-14-19-4-3-13-30-19/h5-12,15,19,23H,3-4,13-14H2,1-2H3,(H,24,26)(H,25,27)/t19-/m0/s1. The molecule has 0 spiro atoms. The number of ether oxygens (including phenoxy) is 1. The van der Waals surface area contributed by atoms with Gasteiger partial charge in [-0.1, -0.05) is 13.8 Å². The van der Waals surface area contributed by atoms with E-state index in [4.69, 9.17) is 4.74 Å². The molecule has 1 fully saturated rings. The van der Waals surface area contributed by atoms with Gasteiger partial charge in [-0.3, -0.25) is 9.59 Å². The van der Waals surface area contributed by atoms with Crippen LogP contribution in [0.3, 0.4) is 0 Å². The maximum Gasteiger partial charge on any atom is 0.255 e. The summed E-state index contributed by atoms with van der Waals surface area (Å²) in [7, 11) is -3.64. The summed E-state index contributed by atoms with van der Waals surface area (Å²) >= 11 is 0. The molecule has 1 aliphatic rings. The van der Waals surface area contributed by atoms with Crippen molar-refractivity contribution in [2.75, 3.05) is 23.8 Å². The lowest BCUT2D eigenvalue weighted by molar-refractivity contribution is -0.118. The molecular formula is C22H27N3O5S. The number of amides is 2. The van der Waals surface area contributed by atoms with Crippen molar-refractivity contribution in [2.45, 2.75) is 37.7 Å². The third-order valence-electron chi connectivity index (χ3n) is 4.89. The van der Waals surface area contributed by atoms with Crippen LogP contribution in [-0.2, 0) is 19.6 Å². The second-order valence-electron chi connectivity index (χ2n) is 7.69. The monoisotopic (exact) mass is 445 g/mol. The molecule has 2 aromatic rings. The first-order chi connectivity index (χ1) is 14.7. The quantitative estimate of drug-likeness (QED) is 0.578. The molecular weight excluding hydrogens is 418 g/mol. The van der Waals surface area contributed by atoms with Gasteiger partial charge in [0.25, 0.3) is 5.91 Å². The lowest BCUT2D eigenvalue weighted by Gasteiger charge is -2.12. The maximum atomic E-state index is 12.4. The van der Waals surface area contributed by atoms with Gasteiger partial charge >= 0.3 is 0 Å². The fraction of sp³-hybridized carbons (Fsp3) is 0.364. The van der Waals surface area contributed by atoms with E-state index in [0.29, 0.717) is 23.5 Å². The Morgan fingerprint density at radius 2 is 1.61 bits per heavy atom. The number of benzene rings is 2. The summed E-state index contributed by atoms with van der Waals surface area (Å²) in [4.78, 5) is 24.3. The molecule has 0 unspecified atom stereocenters. The number of hydrogen-bond acceptors (Lipinski definition) is 5. The van der Waals surface area contributed by atoms with Gasteiger partial charge in [0.2, 0.25) is 15.9 Å². The highest BCUT2D eigenvalue weighted by atomic mass is 32.2. The number of nitrogens with one attached hydrogen (secondary N) is 3. The van der Waals surface area contributed by atoms with E-state index in [1.54, 1.807) is 38.1 Å². The Morgan fingerprint density at radius 3 is 2.19 bits per heavy atom. The Labute approximate surface area is 182 Å². The van der Waals surface area contributed by atoms with Crippen LogP contribution in [0.15, 0.2) is 53.4 Å². The van der Waals surface area contributed by atoms with Gasteiger partial charge in [-0.15, -0.1) is 0 Å². The number of rotatable bonds is 8. The second-order valence-corrected chi connectivity index (χ2v) is 9.45. The van der Waals surface area contributed by atoms with Crippen LogP contribution in [0.1, 0.15) is 37.0 Å². The van der Waals surface area contributed by atoms with Crippen molar-refractivity contribution < 1.29 is 22.7 Å². The highest BCUT2D eigenvalue weighted by molar-refractivity contribution is 7.89. The predicted molar refractivity (Wildman–Crippen MR) is 118 cm³/mol. The van der Waals surface area contributed by atoms with Gasteiger partial charge < -0.3 is 15.4 Å². The van der Waals surface area contributed by atoms with E-state index in [0.717, 1.165) is 12.8 Å². The van der Waals surface area contributed by atoms with E-state index in [9.17, 15) is 18.0 Å². The molecule has 3 N–H and O–H groups in total. The van der Waals surface area contributed by atoms with Gasteiger partial charge in [0.1, 0.15) is 0 Å². The van der Waals surface area contributed by atoms with Crippen molar-refractivity contribution in [3.63, 3.8) is 0 Å². The van der Waals surface area contributed by atoms with Gasteiger partial charge in [0, 0.05) is 36.0 Å². The molecule has 0 aromatic heterocycles. The molecule has 166 valence electrons. The predicted octanol–water partition coefficient (Wildman–Crippen LogP) is 2.99. The topological polar surface area (TPSA) is 114 Å². The summed E-state index contributed by atoms with van der Waals surface area (Å²) in [5.74, 6) is -0.577. The van der Waals surface area contributed by atoms with Crippen LogP contribution in [0.25, 0.3) is 0 Å². The maximum absolute atomic E-state index is 12.4. The van der Waals surface area contributed by atoms with Crippen LogP contribution in [0.4, 0.5) is 11.4 Å². The smallest absolute Gasteiger partial charge is 0.255 e. The fourth-order valence-corrected chi connectivity index (χ4v) is 4.07. The molecule has 0 saturated carbocycles. The van der Waals surface area contributed by atoms with Crippen LogP contribution in [0.5, 0.6) is 0 Å². The fourth-order valence-electron chi connectivity index (χ4n) is 3.00. The summed E-state index contributed by atoms with van der Waals surface area (Å²) in [5, 5.41) is 5.49. The van der Waals surface area contributed by atoms with Crippen molar-refractivity contribution >= 4 is 33.2 Å². The van der Waals surface area contributed by atoms with Crippen molar-refractivity contribution in [1.82, 2.24) is 4.72 Å². The van der Waals surface area contributed by atoms with Crippen LogP contribution >= 0.6 is 0 Å². The largest absolute Gasteiger partial charge is 0.377 e. The Bertz CT molecular complexity index is 1010. The number of carbonyl (C=O) groups is 2. The summed E-state index contributed by atoms with van der Waals surface area (Å²) in [6, 6.07) is 12.5.